The van der Waals surface area contributed by atoms with E-state index in [1.54, 1.807) is 42.5 Å². The number of thiazole rings is 1. The smallest absolute Gasteiger partial charge is 0.301 e. The van der Waals surface area contributed by atoms with Gasteiger partial charge in [-0.2, -0.15) is 0 Å². The van der Waals surface area contributed by atoms with Crippen LogP contribution in [0.1, 0.15) is 37.4 Å². The summed E-state index contributed by atoms with van der Waals surface area (Å²) in [6, 6.07) is 15.1. The van der Waals surface area contributed by atoms with Gasteiger partial charge in [0.15, 0.2) is 16.6 Å². The second kappa shape index (κ2) is 10.9. The first-order valence-electron chi connectivity index (χ1n) is 13.3. The normalized spacial score (nSPS) is 18.0. The molecule has 0 aliphatic carbocycles. The number of benzene rings is 3. The molecule has 1 N–H and O–H groups in total. The second-order valence-corrected chi connectivity index (χ2v) is 11.2. The summed E-state index contributed by atoms with van der Waals surface area (Å²) >= 11 is 1.09. The Kier molecular flexibility index (Phi) is 7.08. The number of aromatic nitrogens is 1. The maximum Gasteiger partial charge on any atom is 0.301 e. The first-order chi connectivity index (χ1) is 19.8. The molecule has 1 saturated heterocycles. The van der Waals surface area contributed by atoms with E-state index in [0.717, 1.165) is 17.8 Å². The molecule has 1 fully saturated rings. The fourth-order valence-corrected chi connectivity index (χ4v) is 5.88. The van der Waals surface area contributed by atoms with Crippen molar-refractivity contribution in [2.75, 3.05) is 24.7 Å². The predicted octanol–water partition coefficient (Wildman–Crippen LogP) is 6.26. The number of amides is 1. The highest BCUT2D eigenvalue weighted by molar-refractivity contribution is 7.22. The Morgan fingerprint density at radius 2 is 1.90 bits per heavy atom. The Labute approximate surface area is 239 Å². The molecule has 41 heavy (non-hydrogen) atoms. The fraction of sp³-hybridized carbons (Fsp3) is 0.258. The van der Waals surface area contributed by atoms with Gasteiger partial charge in [0.2, 0.25) is 0 Å². The van der Waals surface area contributed by atoms with E-state index in [-0.39, 0.29) is 16.5 Å². The molecule has 3 heterocycles. The standard InChI is InChI=1S/C31H27FN2O6S/c1-17(2)10-11-38-21-5-3-4-18(14-21)27-26(28(35)19-6-9-23-24(15-19)40-13-12-39-23)29(36)30(37)34(27)31-33-22-8-7-20(32)16-25(22)41-31/h3-9,14-17,27,35H,10-13H2,1-2H3/b28-26+. The van der Waals surface area contributed by atoms with Crippen LogP contribution >= 0.6 is 11.3 Å². The van der Waals surface area contributed by atoms with Gasteiger partial charge in [-0.05, 0) is 66.4 Å². The van der Waals surface area contributed by atoms with Gasteiger partial charge >= 0.3 is 5.91 Å². The van der Waals surface area contributed by atoms with Gasteiger partial charge in [-0.15, -0.1) is 0 Å². The summed E-state index contributed by atoms with van der Waals surface area (Å²) < 4.78 is 31.7. The number of ether oxygens (including phenoxy) is 3. The Morgan fingerprint density at radius 3 is 2.71 bits per heavy atom. The van der Waals surface area contributed by atoms with Crippen molar-refractivity contribution in [2.45, 2.75) is 26.3 Å². The average molecular weight is 575 g/mol. The number of hydrogen-bond donors (Lipinski definition) is 1. The Balaban J connectivity index is 1.48. The number of anilines is 1. The highest BCUT2D eigenvalue weighted by Crippen LogP contribution is 2.45. The molecule has 210 valence electrons. The van der Waals surface area contributed by atoms with Crippen molar-refractivity contribution in [3.8, 4) is 17.2 Å². The number of hydrogen-bond acceptors (Lipinski definition) is 8. The highest BCUT2D eigenvalue weighted by atomic mass is 32.1. The number of rotatable bonds is 7. The lowest BCUT2D eigenvalue weighted by atomic mass is 9.95. The van der Waals surface area contributed by atoms with E-state index in [0.29, 0.717) is 64.3 Å². The molecule has 4 aromatic rings. The lowest BCUT2D eigenvalue weighted by Crippen LogP contribution is -2.29. The van der Waals surface area contributed by atoms with E-state index in [1.807, 2.05) is 0 Å². The third-order valence-electron chi connectivity index (χ3n) is 6.94. The molecular formula is C31H27FN2O6S. The predicted molar refractivity (Wildman–Crippen MR) is 153 cm³/mol. The molecule has 0 saturated carbocycles. The quantitative estimate of drug-likeness (QED) is 0.158. The van der Waals surface area contributed by atoms with Gasteiger partial charge in [-0.1, -0.05) is 37.3 Å². The molecule has 0 radical (unpaired) electrons. The van der Waals surface area contributed by atoms with E-state index in [4.69, 9.17) is 14.2 Å². The zero-order valence-electron chi connectivity index (χ0n) is 22.4. The van der Waals surface area contributed by atoms with Crippen LogP contribution in [0.15, 0.2) is 66.2 Å². The summed E-state index contributed by atoms with van der Waals surface area (Å²) in [5.74, 6) is -0.516. The van der Waals surface area contributed by atoms with Crippen molar-refractivity contribution < 1.29 is 33.3 Å². The number of halogens is 1. The Bertz CT molecular complexity index is 1700. The highest BCUT2D eigenvalue weighted by Gasteiger charge is 2.48. The minimum atomic E-state index is -1.01. The fourth-order valence-electron chi connectivity index (χ4n) is 4.87. The van der Waals surface area contributed by atoms with Crippen molar-refractivity contribution in [1.29, 1.82) is 0 Å². The van der Waals surface area contributed by atoms with Crippen molar-refractivity contribution in [2.24, 2.45) is 5.92 Å². The average Bonchev–Trinajstić information content (AvgIpc) is 3.49. The van der Waals surface area contributed by atoms with Crippen LogP contribution in [-0.4, -0.2) is 41.6 Å². The second-order valence-electron chi connectivity index (χ2n) is 10.2. The zero-order chi connectivity index (χ0) is 28.7. The SMILES string of the molecule is CC(C)CCOc1cccc(C2/C(=C(\O)c3ccc4c(c3)OCCO4)C(=O)C(=O)N2c2nc3ccc(F)cc3s2)c1. The minimum absolute atomic E-state index is 0.101. The molecule has 0 bridgehead atoms. The first-order valence-corrected chi connectivity index (χ1v) is 14.1. The molecule has 2 aliphatic heterocycles. The van der Waals surface area contributed by atoms with Gasteiger partial charge in [0.05, 0.1) is 28.4 Å². The molecule has 0 spiro atoms. The third-order valence-corrected chi connectivity index (χ3v) is 7.96. The van der Waals surface area contributed by atoms with E-state index in [1.165, 1.54) is 23.1 Å². The van der Waals surface area contributed by atoms with Gasteiger partial charge in [0, 0.05) is 5.56 Å². The summed E-state index contributed by atoms with van der Waals surface area (Å²) in [6.45, 7) is 5.47. The maximum absolute atomic E-state index is 13.9. The number of carbonyl (C=O) groups is 2. The van der Waals surface area contributed by atoms with Gasteiger partial charge in [-0.3, -0.25) is 14.5 Å². The summed E-state index contributed by atoms with van der Waals surface area (Å²) in [7, 11) is 0. The van der Waals surface area contributed by atoms with Crippen molar-refractivity contribution in [1.82, 2.24) is 4.98 Å². The molecule has 2 aliphatic rings. The van der Waals surface area contributed by atoms with Crippen LogP contribution in [0.3, 0.4) is 0 Å². The van der Waals surface area contributed by atoms with Gasteiger partial charge in [-0.25, -0.2) is 9.37 Å². The van der Waals surface area contributed by atoms with Crippen LogP contribution < -0.4 is 19.1 Å². The Hall–Kier alpha value is -4.44. The lowest BCUT2D eigenvalue weighted by molar-refractivity contribution is -0.132. The molecule has 1 unspecified atom stereocenters. The van der Waals surface area contributed by atoms with E-state index < -0.39 is 23.5 Å². The van der Waals surface area contributed by atoms with Crippen LogP contribution in [-0.2, 0) is 9.59 Å². The van der Waals surface area contributed by atoms with Crippen molar-refractivity contribution in [3.63, 3.8) is 0 Å². The molecule has 1 amide bonds. The monoisotopic (exact) mass is 574 g/mol. The molecule has 1 aromatic heterocycles. The summed E-state index contributed by atoms with van der Waals surface area (Å²) in [5, 5.41) is 11.8. The number of carbonyl (C=O) groups excluding carboxylic acids is 2. The number of aliphatic hydroxyl groups excluding tert-OH is 1. The summed E-state index contributed by atoms with van der Waals surface area (Å²) in [5.41, 5.74) is 1.24. The van der Waals surface area contributed by atoms with Crippen molar-refractivity contribution in [3.05, 3.63) is 83.2 Å². The lowest BCUT2D eigenvalue weighted by Gasteiger charge is -2.24. The van der Waals surface area contributed by atoms with E-state index in [2.05, 4.69) is 18.8 Å². The largest absolute Gasteiger partial charge is 0.507 e. The minimum Gasteiger partial charge on any atom is -0.507 e. The van der Waals surface area contributed by atoms with Crippen LogP contribution in [0.2, 0.25) is 0 Å². The van der Waals surface area contributed by atoms with Gasteiger partial charge < -0.3 is 19.3 Å². The third kappa shape index (κ3) is 5.11. The topological polar surface area (TPSA) is 98.2 Å². The molecule has 10 heteroatoms. The number of Topliss-reactive ketones (excluding diaryl/α,β-unsaturated/α-hetero) is 1. The number of ketones is 1. The molecule has 6 rings (SSSR count). The van der Waals surface area contributed by atoms with Crippen LogP contribution in [0.25, 0.3) is 16.0 Å². The summed E-state index contributed by atoms with van der Waals surface area (Å²) in [6.07, 6.45) is 0.856. The molecule has 1 atom stereocenters. The van der Waals surface area contributed by atoms with Crippen LogP contribution in [0, 0.1) is 11.7 Å². The van der Waals surface area contributed by atoms with Gasteiger partial charge in [0.1, 0.15) is 30.5 Å². The van der Waals surface area contributed by atoms with E-state index in [9.17, 15) is 19.1 Å². The molecule has 8 nitrogen and oxygen atoms in total. The number of nitrogens with zero attached hydrogens (tertiary/aromatic N) is 2. The zero-order valence-corrected chi connectivity index (χ0v) is 23.2. The summed E-state index contributed by atoms with van der Waals surface area (Å²) in [4.78, 5) is 33.0. The van der Waals surface area contributed by atoms with Gasteiger partial charge in [0.25, 0.3) is 5.78 Å². The van der Waals surface area contributed by atoms with E-state index >= 15 is 0 Å². The number of fused-ring (bicyclic) bond motifs is 2. The van der Waals surface area contributed by atoms with Crippen LogP contribution in [0.4, 0.5) is 9.52 Å². The van der Waals surface area contributed by atoms with Crippen molar-refractivity contribution >= 4 is 44.1 Å². The maximum atomic E-state index is 13.9. The Morgan fingerprint density at radius 1 is 1.10 bits per heavy atom. The number of aliphatic hydroxyl groups is 1. The molecular weight excluding hydrogens is 547 g/mol. The molecule has 3 aromatic carbocycles. The first kappa shape index (κ1) is 26.8. The van der Waals surface area contributed by atoms with Crippen LogP contribution in [0.5, 0.6) is 17.2 Å².